The fraction of sp³-hybridized carbons (Fsp3) is 0.545. The Bertz CT molecular complexity index is 371. The van der Waals surface area contributed by atoms with Crippen molar-refractivity contribution in [3.63, 3.8) is 0 Å². The van der Waals surface area contributed by atoms with E-state index in [9.17, 15) is 4.79 Å². The van der Waals surface area contributed by atoms with Crippen LogP contribution >= 0.6 is 0 Å². The van der Waals surface area contributed by atoms with Crippen molar-refractivity contribution in [1.29, 1.82) is 0 Å². The summed E-state index contributed by atoms with van der Waals surface area (Å²) in [5, 5.41) is 0. The summed E-state index contributed by atoms with van der Waals surface area (Å²) in [6, 6.07) is 1.87. The number of hydrogen-bond donors (Lipinski definition) is 1. The highest BCUT2D eigenvalue weighted by atomic mass is 16.7. The standard InChI is InChI=1S/C11H16N4O2/c1-9-4-2-3-7-15(9)11(16)17-14-10-5-6-12-8-13-10/h5-6,8-9H,2-4,7H2,1H3,(H,12,13,14). The van der Waals surface area contributed by atoms with Gasteiger partial charge in [0.15, 0.2) is 5.82 Å². The topological polar surface area (TPSA) is 67.3 Å². The lowest BCUT2D eigenvalue weighted by molar-refractivity contribution is 0.0933. The molecule has 0 radical (unpaired) electrons. The molecular weight excluding hydrogens is 220 g/mol. The van der Waals surface area contributed by atoms with Crippen LogP contribution in [0.5, 0.6) is 0 Å². The number of hydrogen-bond acceptors (Lipinski definition) is 5. The smallest absolute Gasteiger partial charge is 0.323 e. The average Bonchev–Trinajstić information content (AvgIpc) is 2.38. The Morgan fingerprint density at radius 1 is 1.59 bits per heavy atom. The summed E-state index contributed by atoms with van der Waals surface area (Å²) >= 11 is 0. The van der Waals surface area contributed by atoms with Gasteiger partial charge in [0, 0.05) is 24.8 Å². The lowest BCUT2D eigenvalue weighted by Crippen LogP contribution is -2.43. The van der Waals surface area contributed by atoms with Crippen molar-refractivity contribution >= 4 is 11.9 Å². The summed E-state index contributed by atoms with van der Waals surface area (Å²) in [4.78, 5) is 26.2. The molecule has 0 saturated carbocycles. The number of carbonyl (C=O) groups is 1. The monoisotopic (exact) mass is 236 g/mol. The molecule has 1 aliphatic rings. The minimum absolute atomic E-state index is 0.239. The maximum Gasteiger partial charge on any atom is 0.434 e. The van der Waals surface area contributed by atoms with Crippen LogP contribution in [-0.2, 0) is 4.84 Å². The molecule has 0 aliphatic carbocycles. The fourth-order valence-electron chi connectivity index (χ4n) is 1.87. The zero-order valence-corrected chi connectivity index (χ0v) is 9.80. The van der Waals surface area contributed by atoms with E-state index in [2.05, 4.69) is 15.4 Å². The molecule has 0 spiro atoms. The normalized spacial score (nSPS) is 19.8. The predicted molar refractivity (Wildman–Crippen MR) is 62.2 cm³/mol. The maximum absolute atomic E-state index is 11.8. The van der Waals surface area contributed by atoms with Gasteiger partial charge < -0.3 is 9.74 Å². The molecule has 1 atom stereocenters. The molecule has 2 heterocycles. The van der Waals surface area contributed by atoms with Gasteiger partial charge in [-0.05, 0) is 26.2 Å². The molecule has 1 unspecified atom stereocenters. The van der Waals surface area contributed by atoms with Crippen LogP contribution in [0.3, 0.4) is 0 Å². The van der Waals surface area contributed by atoms with Crippen LogP contribution in [0.25, 0.3) is 0 Å². The number of anilines is 1. The van der Waals surface area contributed by atoms with Crippen molar-refractivity contribution in [3.8, 4) is 0 Å². The first-order chi connectivity index (χ1) is 8.27. The van der Waals surface area contributed by atoms with Crippen molar-refractivity contribution < 1.29 is 9.63 Å². The molecule has 1 fully saturated rings. The van der Waals surface area contributed by atoms with E-state index in [1.807, 2.05) is 6.92 Å². The zero-order valence-electron chi connectivity index (χ0n) is 9.80. The highest BCUT2D eigenvalue weighted by Gasteiger charge is 2.24. The second kappa shape index (κ2) is 5.47. The number of carbonyl (C=O) groups excluding carboxylic acids is 1. The van der Waals surface area contributed by atoms with Gasteiger partial charge in [-0.3, -0.25) is 0 Å². The van der Waals surface area contributed by atoms with Crippen LogP contribution in [0.2, 0.25) is 0 Å². The van der Waals surface area contributed by atoms with Gasteiger partial charge in [-0.1, -0.05) is 0 Å². The summed E-state index contributed by atoms with van der Waals surface area (Å²) < 4.78 is 0. The summed E-state index contributed by atoms with van der Waals surface area (Å²) in [7, 11) is 0. The summed E-state index contributed by atoms with van der Waals surface area (Å²) in [6.07, 6.45) is 5.85. The molecular formula is C11H16N4O2. The van der Waals surface area contributed by atoms with Crippen molar-refractivity contribution in [2.75, 3.05) is 12.0 Å². The molecule has 0 bridgehead atoms. The lowest BCUT2D eigenvalue weighted by Gasteiger charge is -2.31. The molecule has 2 rings (SSSR count). The first-order valence-electron chi connectivity index (χ1n) is 5.77. The first-order valence-corrected chi connectivity index (χ1v) is 5.77. The van der Waals surface area contributed by atoms with Gasteiger partial charge in [-0.2, -0.15) is 5.48 Å². The number of likely N-dealkylation sites (tertiary alicyclic amines) is 1. The van der Waals surface area contributed by atoms with Crippen LogP contribution in [0.4, 0.5) is 10.6 Å². The van der Waals surface area contributed by atoms with Gasteiger partial charge in [0.05, 0.1) is 0 Å². The van der Waals surface area contributed by atoms with Gasteiger partial charge in [-0.25, -0.2) is 14.8 Å². The Balaban J connectivity index is 1.84. The van der Waals surface area contributed by atoms with Crippen molar-refractivity contribution in [1.82, 2.24) is 14.9 Å². The SMILES string of the molecule is CC1CCCCN1C(=O)ONc1ccncn1. The van der Waals surface area contributed by atoms with Crippen molar-refractivity contribution in [2.45, 2.75) is 32.2 Å². The summed E-state index contributed by atoms with van der Waals surface area (Å²) in [5.41, 5.74) is 2.52. The average molecular weight is 236 g/mol. The Morgan fingerprint density at radius 3 is 3.18 bits per heavy atom. The Morgan fingerprint density at radius 2 is 2.47 bits per heavy atom. The van der Waals surface area contributed by atoms with Crippen molar-refractivity contribution in [2.24, 2.45) is 0 Å². The van der Waals surface area contributed by atoms with E-state index in [1.54, 1.807) is 17.2 Å². The molecule has 1 aliphatic heterocycles. The fourth-order valence-corrected chi connectivity index (χ4v) is 1.87. The summed E-state index contributed by atoms with van der Waals surface area (Å²) in [5.74, 6) is 0.470. The van der Waals surface area contributed by atoms with E-state index in [0.717, 1.165) is 19.4 Å². The third-order valence-electron chi connectivity index (χ3n) is 2.86. The van der Waals surface area contributed by atoms with Gasteiger partial charge in [0.2, 0.25) is 0 Å². The largest absolute Gasteiger partial charge is 0.434 e. The zero-order chi connectivity index (χ0) is 12.1. The molecule has 1 aromatic rings. The van der Waals surface area contributed by atoms with Gasteiger partial charge in [0.25, 0.3) is 0 Å². The Hall–Kier alpha value is -1.85. The molecule has 1 saturated heterocycles. The van der Waals surface area contributed by atoms with Crippen molar-refractivity contribution in [3.05, 3.63) is 18.6 Å². The van der Waals surface area contributed by atoms with E-state index in [4.69, 9.17) is 4.84 Å². The number of aromatic nitrogens is 2. The second-order valence-electron chi connectivity index (χ2n) is 4.10. The predicted octanol–water partition coefficient (Wildman–Crippen LogP) is 1.81. The van der Waals surface area contributed by atoms with Gasteiger partial charge in [0.1, 0.15) is 6.33 Å². The molecule has 6 nitrogen and oxygen atoms in total. The van der Waals surface area contributed by atoms with Gasteiger partial charge in [-0.15, -0.1) is 0 Å². The molecule has 17 heavy (non-hydrogen) atoms. The van der Waals surface area contributed by atoms with E-state index < -0.39 is 0 Å². The second-order valence-corrected chi connectivity index (χ2v) is 4.10. The molecule has 0 aromatic carbocycles. The highest BCUT2D eigenvalue weighted by Crippen LogP contribution is 2.17. The summed E-state index contributed by atoms with van der Waals surface area (Å²) in [6.45, 7) is 2.79. The number of amides is 1. The maximum atomic E-state index is 11.8. The Kier molecular flexibility index (Phi) is 3.74. The van der Waals surface area contributed by atoms with E-state index >= 15 is 0 Å². The molecule has 1 aromatic heterocycles. The lowest BCUT2D eigenvalue weighted by atomic mass is 10.0. The minimum Gasteiger partial charge on any atom is -0.323 e. The molecule has 1 N–H and O–H groups in total. The van der Waals surface area contributed by atoms with Crippen LogP contribution in [0, 0.1) is 0 Å². The molecule has 6 heteroatoms. The third-order valence-corrected chi connectivity index (χ3v) is 2.86. The number of piperidine rings is 1. The third kappa shape index (κ3) is 3.05. The van der Waals surface area contributed by atoms with E-state index in [-0.39, 0.29) is 12.1 Å². The molecule has 92 valence electrons. The van der Waals surface area contributed by atoms with Crippen LogP contribution in [-0.4, -0.2) is 33.5 Å². The van der Waals surface area contributed by atoms with Crippen LogP contribution < -0.4 is 5.48 Å². The Labute approximate surface area is 100.0 Å². The number of nitrogens with zero attached hydrogens (tertiary/aromatic N) is 3. The van der Waals surface area contributed by atoms with E-state index in [1.165, 1.54) is 12.7 Å². The first kappa shape index (κ1) is 11.6. The van der Waals surface area contributed by atoms with Gasteiger partial charge >= 0.3 is 6.09 Å². The highest BCUT2D eigenvalue weighted by molar-refractivity contribution is 5.69. The number of nitrogens with one attached hydrogen (secondary N) is 1. The van der Waals surface area contributed by atoms with E-state index in [0.29, 0.717) is 5.82 Å². The van der Waals surface area contributed by atoms with Crippen LogP contribution in [0.1, 0.15) is 26.2 Å². The minimum atomic E-state index is -0.351. The number of rotatable bonds is 2. The quantitative estimate of drug-likeness (QED) is 0.793. The molecule has 1 amide bonds. The van der Waals surface area contributed by atoms with Crippen LogP contribution in [0.15, 0.2) is 18.6 Å².